The summed E-state index contributed by atoms with van der Waals surface area (Å²) in [6.07, 6.45) is 6.07. The number of amides is 1. The third-order valence-corrected chi connectivity index (χ3v) is 4.85. The minimum absolute atomic E-state index is 0.120. The van der Waals surface area contributed by atoms with Crippen molar-refractivity contribution in [1.82, 2.24) is 5.32 Å². The first kappa shape index (κ1) is 16.4. The molecule has 2 aliphatic rings. The first-order chi connectivity index (χ1) is 11.6. The molecular weight excluding hydrogens is 304 g/mol. The van der Waals surface area contributed by atoms with Gasteiger partial charge in [0.1, 0.15) is 11.6 Å². The van der Waals surface area contributed by atoms with Crippen molar-refractivity contribution in [3.05, 3.63) is 28.8 Å². The molecule has 24 heavy (non-hydrogen) atoms. The van der Waals surface area contributed by atoms with Gasteiger partial charge in [0.25, 0.3) is 5.91 Å². The van der Waals surface area contributed by atoms with Gasteiger partial charge in [0.2, 0.25) is 6.79 Å². The van der Waals surface area contributed by atoms with Gasteiger partial charge in [0.15, 0.2) is 11.5 Å². The molecule has 1 fully saturated rings. The molecule has 0 saturated heterocycles. The number of carbonyl (C=O) groups excluding carboxylic acids is 1. The molecule has 1 amide bonds. The van der Waals surface area contributed by atoms with Crippen LogP contribution in [0.15, 0.2) is 17.7 Å². The normalized spacial score (nSPS) is 22.8. The van der Waals surface area contributed by atoms with E-state index >= 15 is 0 Å². The molecule has 1 N–H and O–H groups in total. The highest BCUT2D eigenvalue weighted by atomic mass is 16.7. The summed E-state index contributed by atoms with van der Waals surface area (Å²) < 4.78 is 10.7. The third kappa shape index (κ3) is 3.38. The van der Waals surface area contributed by atoms with Gasteiger partial charge in [-0.15, -0.1) is 0 Å². The summed E-state index contributed by atoms with van der Waals surface area (Å²) in [6, 6.07) is 5.86. The van der Waals surface area contributed by atoms with Crippen LogP contribution in [0, 0.1) is 24.2 Å². The van der Waals surface area contributed by atoms with Gasteiger partial charge in [-0.3, -0.25) is 4.79 Å². The molecule has 1 heterocycles. The van der Waals surface area contributed by atoms with E-state index in [-0.39, 0.29) is 24.3 Å². The number of carbonyl (C=O) groups is 1. The molecule has 2 atom stereocenters. The highest BCUT2D eigenvalue weighted by molar-refractivity contribution is 6.02. The number of ether oxygens (including phenoxy) is 2. The maximum absolute atomic E-state index is 12.5. The Morgan fingerprint density at radius 2 is 2.00 bits per heavy atom. The summed E-state index contributed by atoms with van der Waals surface area (Å²) in [5.74, 6) is 1.50. The van der Waals surface area contributed by atoms with Gasteiger partial charge in [-0.2, -0.15) is 5.26 Å². The topological polar surface area (TPSA) is 71.4 Å². The lowest BCUT2D eigenvalue weighted by Crippen LogP contribution is -2.41. The number of rotatable bonds is 3. The van der Waals surface area contributed by atoms with Gasteiger partial charge < -0.3 is 14.8 Å². The quantitative estimate of drug-likeness (QED) is 0.683. The van der Waals surface area contributed by atoms with Crippen LogP contribution in [0.1, 0.15) is 43.7 Å². The molecule has 5 nitrogen and oxygen atoms in total. The van der Waals surface area contributed by atoms with Crippen LogP contribution in [0.25, 0.3) is 6.08 Å². The zero-order chi connectivity index (χ0) is 17.1. The molecule has 0 radical (unpaired) electrons. The Kier molecular flexibility index (Phi) is 4.75. The highest BCUT2D eigenvalue weighted by Gasteiger charge is 2.24. The molecular formula is C19H22N2O3. The Labute approximate surface area is 142 Å². The van der Waals surface area contributed by atoms with Gasteiger partial charge in [-0.1, -0.05) is 19.8 Å². The third-order valence-electron chi connectivity index (χ3n) is 4.85. The Morgan fingerprint density at radius 3 is 2.71 bits per heavy atom. The average Bonchev–Trinajstić information content (AvgIpc) is 3.01. The minimum Gasteiger partial charge on any atom is -0.454 e. The maximum atomic E-state index is 12.5. The zero-order valence-electron chi connectivity index (χ0n) is 14.1. The molecule has 0 bridgehead atoms. The molecule has 0 aromatic heterocycles. The van der Waals surface area contributed by atoms with Crippen LogP contribution in [0.4, 0.5) is 0 Å². The number of nitrogens with zero attached hydrogens (tertiary/aromatic N) is 1. The molecule has 5 heteroatoms. The van der Waals surface area contributed by atoms with Crippen molar-refractivity contribution in [1.29, 1.82) is 5.26 Å². The number of hydrogen-bond acceptors (Lipinski definition) is 4. The van der Waals surface area contributed by atoms with Crippen LogP contribution in [0.3, 0.4) is 0 Å². The number of hydrogen-bond donors (Lipinski definition) is 1. The fourth-order valence-corrected chi connectivity index (χ4v) is 3.30. The Morgan fingerprint density at radius 1 is 1.29 bits per heavy atom. The molecule has 1 aliphatic carbocycles. The maximum Gasteiger partial charge on any atom is 0.262 e. The van der Waals surface area contributed by atoms with Crippen molar-refractivity contribution in [2.24, 2.45) is 5.92 Å². The molecule has 2 unspecified atom stereocenters. The molecule has 1 aromatic carbocycles. The van der Waals surface area contributed by atoms with Crippen LogP contribution in [-0.4, -0.2) is 18.7 Å². The lowest BCUT2D eigenvalue weighted by molar-refractivity contribution is -0.118. The van der Waals surface area contributed by atoms with Crippen LogP contribution in [0.2, 0.25) is 0 Å². The molecule has 3 rings (SSSR count). The smallest absolute Gasteiger partial charge is 0.262 e. The molecule has 1 aliphatic heterocycles. The lowest BCUT2D eigenvalue weighted by Gasteiger charge is -2.29. The van der Waals surface area contributed by atoms with Crippen molar-refractivity contribution in [3.63, 3.8) is 0 Å². The van der Waals surface area contributed by atoms with Crippen LogP contribution < -0.4 is 14.8 Å². The van der Waals surface area contributed by atoms with Gasteiger partial charge in [0, 0.05) is 6.04 Å². The molecule has 1 aromatic rings. The number of benzene rings is 1. The van der Waals surface area contributed by atoms with E-state index in [0.29, 0.717) is 17.4 Å². The van der Waals surface area contributed by atoms with E-state index in [1.54, 1.807) is 6.08 Å². The van der Waals surface area contributed by atoms with E-state index in [0.717, 1.165) is 30.4 Å². The number of aryl methyl sites for hydroxylation is 1. The standard InChI is InChI=1S/C19H22N2O3/c1-12-5-3-4-6-16(12)21-19(22)15(10-20)8-14-9-18-17(7-13(14)2)23-11-24-18/h7-9,12,16H,3-6,11H2,1-2H3,(H,21,22)/b15-8-. The predicted octanol–water partition coefficient (Wildman–Crippen LogP) is 3.33. The Hall–Kier alpha value is -2.48. The Balaban J connectivity index is 1.79. The van der Waals surface area contributed by atoms with E-state index in [9.17, 15) is 10.1 Å². The summed E-state index contributed by atoms with van der Waals surface area (Å²) >= 11 is 0. The van der Waals surface area contributed by atoms with Crippen LogP contribution >= 0.6 is 0 Å². The fraction of sp³-hybridized carbons (Fsp3) is 0.474. The van der Waals surface area contributed by atoms with E-state index in [4.69, 9.17) is 9.47 Å². The summed E-state index contributed by atoms with van der Waals surface area (Å²) in [7, 11) is 0. The highest BCUT2D eigenvalue weighted by Crippen LogP contribution is 2.35. The van der Waals surface area contributed by atoms with Crippen molar-refractivity contribution in [2.45, 2.75) is 45.6 Å². The zero-order valence-corrected chi connectivity index (χ0v) is 14.1. The average molecular weight is 326 g/mol. The van der Waals surface area contributed by atoms with E-state index in [1.165, 1.54) is 6.42 Å². The van der Waals surface area contributed by atoms with Gasteiger partial charge in [-0.05, 0) is 55.0 Å². The van der Waals surface area contributed by atoms with Crippen molar-refractivity contribution in [2.75, 3.05) is 6.79 Å². The minimum atomic E-state index is -0.298. The van der Waals surface area contributed by atoms with E-state index < -0.39 is 0 Å². The largest absolute Gasteiger partial charge is 0.454 e. The second-order valence-corrected chi connectivity index (χ2v) is 6.57. The summed E-state index contributed by atoms with van der Waals surface area (Å²) in [5.41, 5.74) is 1.85. The van der Waals surface area contributed by atoms with E-state index in [2.05, 4.69) is 12.2 Å². The fourth-order valence-electron chi connectivity index (χ4n) is 3.30. The first-order valence-corrected chi connectivity index (χ1v) is 8.41. The van der Waals surface area contributed by atoms with Crippen molar-refractivity contribution < 1.29 is 14.3 Å². The summed E-state index contributed by atoms with van der Waals surface area (Å²) in [6.45, 7) is 4.28. The number of nitriles is 1. The molecule has 126 valence electrons. The van der Waals surface area contributed by atoms with Crippen molar-refractivity contribution >= 4 is 12.0 Å². The summed E-state index contributed by atoms with van der Waals surface area (Å²) in [4.78, 5) is 12.5. The second kappa shape index (κ2) is 6.96. The lowest BCUT2D eigenvalue weighted by atomic mass is 9.86. The second-order valence-electron chi connectivity index (χ2n) is 6.57. The SMILES string of the molecule is Cc1cc2c(cc1/C=C(/C#N)C(=O)NC1CCCCC1C)OCO2. The van der Waals surface area contributed by atoms with Crippen LogP contribution in [-0.2, 0) is 4.79 Å². The first-order valence-electron chi connectivity index (χ1n) is 8.41. The predicted molar refractivity (Wildman–Crippen MR) is 90.5 cm³/mol. The van der Waals surface area contributed by atoms with Gasteiger partial charge >= 0.3 is 0 Å². The van der Waals surface area contributed by atoms with E-state index in [1.807, 2.05) is 25.1 Å². The van der Waals surface area contributed by atoms with Crippen LogP contribution in [0.5, 0.6) is 11.5 Å². The monoisotopic (exact) mass is 326 g/mol. The Bertz CT molecular complexity index is 718. The van der Waals surface area contributed by atoms with Gasteiger partial charge in [-0.25, -0.2) is 0 Å². The number of fused-ring (bicyclic) bond motifs is 1. The molecule has 1 saturated carbocycles. The summed E-state index contributed by atoms with van der Waals surface area (Å²) in [5, 5.41) is 12.4. The number of nitrogens with one attached hydrogen (secondary N) is 1. The van der Waals surface area contributed by atoms with Crippen molar-refractivity contribution in [3.8, 4) is 17.6 Å². The molecule has 0 spiro atoms. The van der Waals surface area contributed by atoms with Gasteiger partial charge in [0.05, 0.1) is 0 Å².